The smallest absolute Gasteiger partial charge is 0.371 e. The highest BCUT2D eigenvalue weighted by molar-refractivity contribution is 5.80. The second-order valence-electron chi connectivity index (χ2n) is 11.3. The van der Waals surface area contributed by atoms with Gasteiger partial charge in [0.25, 0.3) is 0 Å². The molecule has 4 aliphatic rings. The number of piperidine rings is 1. The van der Waals surface area contributed by atoms with E-state index in [2.05, 4.69) is 10.2 Å². The summed E-state index contributed by atoms with van der Waals surface area (Å²) in [5.74, 6) is 0.154. The van der Waals surface area contributed by atoms with Crippen LogP contribution in [0.15, 0.2) is 18.2 Å². The van der Waals surface area contributed by atoms with Gasteiger partial charge >= 0.3 is 6.18 Å². The van der Waals surface area contributed by atoms with Crippen LogP contribution in [0, 0.1) is 11.8 Å². The Morgan fingerprint density at radius 2 is 1.59 bits per heavy atom. The third-order valence-electron chi connectivity index (χ3n) is 9.16. The van der Waals surface area contributed by atoms with Crippen molar-refractivity contribution in [2.24, 2.45) is 11.8 Å². The van der Waals surface area contributed by atoms with E-state index < -0.39 is 11.7 Å². The largest absolute Gasteiger partial charge is 0.416 e. The molecule has 2 atom stereocenters. The quantitative estimate of drug-likeness (QED) is 0.631. The van der Waals surface area contributed by atoms with Crippen molar-refractivity contribution < 1.29 is 22.8 Å². The van der Waals surface area contributed by atoms with Crippen molar-refractivity contribution in [3.63, 3.8) is 0 Å². The Morgan fingerprint density at radius 1 is 0.892 bits per heavy atom. The van der Waals surface area contributed by atoms with E-state index >= 15 is 0 Å². The number of alkyl halides is 3. The lowest BCUT2D eigenvalue weighted by atomic mass is 9.91. The molecule has 0 bridgehead atoms. The number of carbonyl (C=O) groups excluding carboxylic acids is 2. The molecule has 2 unspecified atom stereocenters. The molecule has 1 N–H and O–H groups in total. The SMILES string of the molecule is CNC(=O)C1CCN(c2cc(C(F)(F)F)ccc2C2CCN(C(=O)C3CCN(C4CCCC4)C3)C2)CC1. The van der Waals surface area contributed by atoms with Crippen LogP contribution in [0.5, 0.6) is 0 Å². The highest BCUT2D eigenvalue weighted by Crippen LogP contribution is 2.40. The van der Waals surface area contributed by atoms with Crippen molar-refractivity contribution >= 4 is 17.5 Å². The third-order valence-corrected chi connectivity index (χ3v) is 9.16. The van der Waals surface area contributed by atoms with Crippen molar-refractivity contribution in [1.82, 2.24) is 15.1 Å². The summed E-state index contributed by atoms with van der Waals surface area (Å²) in [7, 11) is 1.62. The van der Waals surface area contributed by atoms with E-state index in [1.807, 2.05) is 9.80 Å². The molecule has 1 aromatic carbocycles. The molecule has 4 fully saturated rings. The first kappa shape index (κ1) is 26.3. The lowest BCUT2D eigenvalue weighted by Crippen LogP contribution is -2.40. The molecule has 6 nitrogen and oxygen atoms in total. The fourth-order valence-corrected chi connectivity index (χ4v) is 6.99. The van der Waals surface area contributed by atoms with Crippen LogP contribution >= 0.6 is 0 Å². The number of nitrogens with zero attached hydrogens (tertiary/aromatic N) is 3. The first-order valence-electron chi connectivity index (χ1n) is 13.9. The van der Waals surface area contributed by atoms with Crippen LogP contribution < -0.4 is 10.2 Å². The van der Waals surface area contributed by atoms with Gasteiger partial charge in [-0.05, 0) is 62.8 Å². The van der Waals surface area contributed by atoms with Crippen LogP contribution in [-0.2, 0) is 15.8 Å². The van der Waals surface area contributed by atoms with E-state index in [9.17, 15) is 22.8 Å². The minimum atomic E-state index is -4.42. The number of rotatable bonds is 5. The van der Waals surface area contributed by atoms with Gasteiger partial charge in [0.2, 0.25) is 11.8 Å². The van der Waals surface area contributed by atoms with Gasteiger partial charge in [0, 0.05) is 63.3 Å². The molecule has 3 saturated heterocycles. The molecular formula is C28H39F3N4O2. The molecule has 9 heteroatoms. The fourth-order valence-electron chi connectivity index (χ4n) is 6.99. The third kappa shape index (κ3) is 5.61. The topological polar surface area (TPSA) is 55.9 Å². The summed E-state index contributed by atoms with van der Waals surface area (Å²) in [6.45, 7) is 4.14. The van der Waals surface area contributed by atoms with Gasteiger partial charge in [0.1, 0.15) is 0 Å². The highest BCUT2D eigenvalue weighted by Gasteiger charge is 2.39. The minimum absolute atomic E-state index is 0.00716. The lowest BCUT2D eigenvalue weighted by molar-refractivity contribution is -0.137. The number of hydrogen-bond donors (Lipinski definition) is 1. The van der Waals surface area contributed by atoms with E-state index in [4.69, 9.17) is 0 Å². The molecule has 0 aromatic heterocycles. The van der Waals surface area contributed by atoms with Gasteiger partial charge in [-0.25, -0.2) is 0 Å². The molecule has 37 heavy (non-hydrogen) atoms. The van der Waals surface area contributed by atoms with Gasteiger partial charge in [-0.3, -0.25) is 14.5 Å². The maximum Gasteiger partial charge on any atom is 0.416 e. The van der Waals surface area contributed by atoms with Crippen LogP contribution in [0.25, 0.3) is 0 Å². The molecule has 3 aliphatic heterocycles. The highest BCUT2D eigenvalue weighted by atomic mass is 19.4. The monoisotopic (exact) mass is 520 g/mol. The Bertz CT molecular complexity index is 986. The average Bonchev–Trinajstić information content (AvgIpc) is 3.68. The van der Waals surface area contributed by atoms with Crippen LogP contribution in [0.4, 0.5) is 18.9 Å². The van der Waals surface area contributed by atoms with Crippen molar-refractivity contribution in [2.45, 2.75) is 69.5 Å². The summed E-state index contributed by atoms with van der Waals surface area (Å²) >= 11 is 0. The van der Waals surface area contributed by atoms with Gasteiger partial charge in [-0.15, -0.1) is 0 Å². The predicted molar refractivity (Wildman–Crippen MR) is 136 cm³/mol. The Hall–Kier alpha value is -2.29. The van der Waals surface area contributed by atoms with Gasteiger partial charge in [0.05, 0.1) is 11.5 Å². The Labute approximate surface area is 217 Å². The Kier molecular flexibility index (Phi) is 7.70. The summed E-state index contributed by atoms with van der Waals surface area (Å²) in [5, 5.41) is 2.68. The van der Waals surface area contributed by atoms with E-state index in [0.29, 0.717) is 50.7 Å². The van der Waals surface area contributed by atoms with Crippen molar-refractivity contribution in [3.05, 3.63) is 29.3 Å². The second-order valence-corrected chi connectivity index (χ2v) is 11.3. The summed E-state index contributed by atoms with van der Waals surface area (Å²) < 4.78 is 40.8. The standard InChI is InChI=1S/C28H39F3N4O2/c1-32-26(36)19-8-12-33(13-9-19)25-16-22(28(29,30)31)6-7-24(25)20-10-15-35(17-20)27(37)21-11-14-34(18-21)23-4-2-3-5-23/h6-7,16,19-21,23H,2-5,8-15,17-18H2,1H3,(H,32,36). The Morgan fingerprint density at radius 3 is 2.27 bits per heavy atom. The number of amides is 2. The molecule has 3 heterocycles. The molecule has 204 valence electrons. The zero-order chi connectivity index (χ0) is 26.2. The molecule has 5 rings (SSSR count). The molecule has 1 aliphatic carbocycles. The maximum absolute atomic E-state index is 13.6. The second kappa shape index (κ2) is 10.8. The summed E-state index contributed by atoms with van der Waals surface area (Å²) in [6, 6.07) is 4.71. The minimum Gasteiger partial charge on any atom is -0.371 e. The van der Waals surface area contributed by atoms with Crippen LogP contribution in [-0.4, -0.2) is 74.0 Å². The maximum atomic E-state index is 13.6. The normalized spacial score (nSPS) is 26.3. The number of likely N-dealkylation sites (tertiary alicyclic amines) is 2. The molecule has 0 spiro atoms. The number of halogens is 3. The van der Waals surface area contributed by atoms with Crippen LogP contribution in [0.2, 0.25) is 0 Å². The zero-order valence-corrected chi connectivity index (χ0v) is 21.7. The first-order valence-corrected chi connectivity index (χ1v) is 13.9. The summed E-state index contributed by atoms with van der Waals surface area (Å²) in [6.07, 6.45) is 3.53. The molecular weight excluding hydrogens is 481 g/mol. The van der Waals surface area contributed by atoms with E-state index in [1.54, 1.807) is 13.1 Å². The van der Waals surface area contributed by atoms with Gasteiger partial charge in [-0.1, -0.05) is 18.9 Å². The van der Waals surface area contributed by atoms with Gasteiger partial charge < -0.3 is 15.1 Å². The fraction of sp³-hybridized carbons (Fsp3) is 0.714. The van der Waals surface area contributed by atoms with Crippen LogP contribution in [0.3, 0.4) is 0 Å². The lowest BCUT2D eigenvalue weighted by Gasteiger charge is -2.35. The van der Waals surface area contributed by atoms with E-state index in [1.165, 1.54) is 37.8 Å². The van der Waals surface area contributed by atoms with Crippen LogP contribution in [0.1, 0.15) is 68.4 Å². The van der Waals surface area contributed by atoms with Crippen molar-refractivity contribution in [1.29, 1.82) is 0 Å². The molecule has 1 aromatic rings. The van der Waals surface area contributed by atoms with E-state index in [0.717, 1.165) is 31.5 Å². The number of carbonyl (C=O) groups is 2. The number of anilines is 1. The molecule has 2 amide bonds. The Balaban J connectivity index is 1.28. The first-order chi connectivity index (χ1) is 17.7. The van der Waals surface area contributed by atoms with Gasteiger partial charge in [0.15, 0.2) is 0 Å². The predicted octanol–water partition coefficient (Wildman–Crippen LogP) is 4.25. The summed E-state index contributed by atoms with van der Waals surface area (Å²) in [5.41, 5.74) is 0.849. The number of nitrogens with one attached hydrogen (secondary N) is 1. The number of benzene rings is 1. The van der Waals surface area contributed by atoms with Crippen molar-refractivity contribution in [3.8, 4) is 0 Å². The molecule has 1 saturated carbocycles. The average molecular weight is 521 g/mol. The van der Waals surface area contributed by atoms with Gasteiger partial charge in [-0.2, -0.15) is 13.2 Å². The summed E-state index contributed by atoms with van der Waals surface area (Å²) in [4.78, 5) is 31.9. The van der Waals surface area contributed by atoms with Crippen molar-refractivity contribution in [2.75, 3.05) is 51.2 Å². The zero-order valence-electron chi connectivity index (χ0n) is 21.7. The molecule has 0 radical (unpaired) electrons. The van der Waals surface area contributed by atoms with E-state index in [-0.39, 0.29) is 29.6 Å². The number of hydrogen-bond acceptors (Lipinski definition) is 4.